The molecule has 0 heterocycles. The molecule has 88 valence electrons. The fourth-order valence-electron chi connectivity index (χ4n) is 1.78. The van der Waals surface area contributed by atoms with E-state index >= 15 is 0 Å². The zero-order chi connectivity index (χ0) is 11.9. The van der Waals surface area contributed by atoms with E-state index in [1.165, 1.54) is 0 Å². The van der Waals surface area contributed by atoms with Crippen LogP contribution in [0.1, 0.15) is 18.4 Å². The van der Waals surface area contributed by atoms with Crippen LogP contribution in [0.15, 0.2) is 6.07 Å². The van der Waals surface area contributed by atoms with Gasteiger partial charge in [-0.2, -0.15) is 0 Å². The number of halogens is 4. The van der Waals surface area contributed by atoms with Gasteiger partial charge in [0.15, 0.2) is 23.3 Å². The van der Waals surface area contributed by atoms with E-state index < -0.39 is 23.3 Å². The summed E-state index contributed by atoms with van der Waals surface area (Å²) in [5.41, 5.74) is -0.402. The Hall–Kier alpha value is -1.10. The highest BCUT2D eigenvalue weighted by Gasteiger charge is 2.42. The molecule has 1 aliphatic carbocycles. The molecule has 1 aliphatic rings. The predicted octanol–water partition coefficient (Wildman–Crippen LogP) is 2.54. The van der Waals surface area contributed by atoms with Crippen molar-refractivity contribution in [1.29, 1.82) is 0 Å². The van der Waals surface area contributed by atoms with Crippen molar-refractivity contribution in [2.45, 2.75) is 24.8 Å². The third kappa shape index (κ3) is 1.80. The molecule has 5 heteroatoms. The molecule has 1 aromatic rings. The van der Waals surface area contributed by atoms with E-state index in [4.69, 9.17) is 0 Å². The van der Waals surface area contributed by atoms with Crippen LogP contribution in [-0.4, -0.2) is 12.6 Å². The smallest absolute Gasteiger partial charge is 0.197 e. The minimum absolute atomic E-state index is 0.122. The summed E-state index contributed by atoms with van der Waals surface area (Å²) >= 11 is 0. The molecule has 0 aliphatic heterocycles. The fraction of sp³-hybridized carbons (Fsp3) is 0.455. The first-order chi connectivity index (χ1) is 7.49. The van der Waals surface area contributed by atoms with Gasteiger partial charge in [0.1, 0.15) is 0 Å². The lowest BCUT2D eigenvalue weighted by atomic mass is 10.0. The molecule has 1 nitrogen and oxygen atoms in total. The average molecular weight is 233 g/mol. The maximum atomic E-state index is 13.3. The molecule has 16 heavy (non-hydrogen) atoms. The quantitative estimate of drug-likeness (QED) is 0.480. The SMILES string of the molecule is CNC1(Cc2cc(F)c(F)c(F)c2F)CC1. The molecule has 1 aromatic carbocycles. The normalized spacial score (nSPS) is 17.6. The van der Waals surface area contributed by atoms with Crippen LogP contribution >= 0.6 is 0 Å². The molecule has 0 amide bonds. The van der Waals surface area contributed by atoms with Crippen molar-refractivity contribution in [3.8, 4) is 0 Å². The lowest BCUT2D eigenvalue weighted by molar-refractivity contribution is 0.399. The Bertz CT molecular complexity index is 426. The predicted molar refractivity (Wildman–Crippen MR) is 51.0 cm³/mol. The molecule has 0 aromatic heterocycles. The van der Waals surface area contributed by atoms with Gasteiger partial charge in [0.25, 0.3) is 0 Å². The summed E-state index contributed by atoms with van der Waals surface area (Å²) < 4.78 is 51.9. The molecule has 1 fully saturated rings. The minimum atomic E-state index is -1.75. The van der Waals surface area contributed by atoms with Crippen molar-refractivity contribution >= 4 is 0 Å². The first kappa shape index (κ1) is 11.4. The Labute approximate surface area is 90.5 Å². The van der Waals surface area contributed by atoms with Gasteiger partial charge in [0.2, 0.25) is 0 Å². The van der Waals surface area contributed by atoms with Crippen LogP contribution in [0.3, 0.4) is 0 Å². The molecule has 0 bridgehead atoms. The molecule has 1 N–H and O–H groups in total. The largest absolute Gasteiger partial charge is 0.314 e. The van der Waals surface area contributed by atoms with Gasteiger partial charge < -0.3 is 5.32 Å². The number of benzene rings is 1. The van der Waals surface area contributed by atoms with Crippen LogP contribution in [0.4, 0.5) is 17.6 Å². The Balaban J connectivity index is 2.35. The third-order valence-electron chi connectivity index (χ3n) is 3.09. The second kappa shape index (κ2) is 3.73. The standard InChI is InChI=1S/C11H11F4N/c1-16-11(2-3-11)5-6-4-7(12)9(14)10(15)8(6)13/h4,16H,2-3,5H2,1H3. The second-order valence-electron chi connectivity index (χ2n) is 4.17. The van der Waals surface area contributed by atoms with Crippen molar-refractivity contribution in [3.05, 3.63) is 34.9 Å². The van der Waals surface area contributed by atoms with Gasteiger partial charge >= 0.3 is 0 Å². The number of hydrogen-bond donors (Lipinski definition) is 1. The van der Waals surface area contributed by atoms with Gasteiger partial charge in [0, 0.05) is 5.54 Å². The topological polar surface area (TPSA) is 12.0 Å². The zero-order valence-electron chi connectivity index (χ0n) is 8.71. The van der Waals surface area contributed by atoms with E-state index in [2.05, 4.69) is 5.32 Å². The van der Waals surface area contributed by atoms with E-state index in [9.17, 15) is 17.6 Å². The van der Waals surface area contributed by atoms with Crippen molar-refractivity contribution in [2.24, 2.45) is 0 Å². The van der Waals surface area contributed by atoms with E-state index in [-0.39, 0.29) is 17.5 Å². The summed E-state index contributed by atoms with van der Waals surface area (Å²) in [5.74, 6) is -6.13. The van der Waals surface area contributed by atoms with Crippen LogP contribution in [-0.2, 0) is 6.42 Å². The van der Waals surface area contributed by atoms with E-state index in [1.54, 1.807) is 7.05 Å². The van der Waals surface area contributed by atoms with Crippen molar-refractivity contribution in [1.82, 2.24) is 5.32 Å². The Morgan fingerprint density at radius 1 is 1.12 bits per heavy atom. The van der Waals surface area contributed by atoms with Gasteiger partial charge in [-0.1, -0.05) is 0 Å². The molecule has 0 atom stereocenters. The van der Waals surface area contributed by atoms with Gasteiger partial charge in [-0.3, -0.25) is 0 Å². The highest BCUT2D eigenvalue weighted by Crippen LogP contribution is 2.39. The van der Waals surface area contributed by atoms with Crippen molar-refractivity contribution in [3.63, 3.8) is 0 Å². The Morgan fingerprint density at radius 3 is 2.25 bits per heavy atom. The molecule has 0 spiro atoms. The van der Waals surface area contributed by atoms with Gasteiger partial charge in [-0.15, -0.1) is 0 Å². The maximum absolute atomic E-state index is 13.3. The number of hydrogen-bond acceptors (Lipinski definition) is 1. The summed E-state index contributed by atoms with van der Waals surface area (Å²) in [5, 5.41) is 2.98. The highest BCUT2D eigenvalue weighted by atomic mass is 19.2. The second-order valence-corrected chi connectivity index (χ2v) is 4.17. The molecule has 0 radical (unpaired) electrons. The minimum Gasteiger partial charge on any atom is -0.314 e. The van der Waals surface area contributed by atoms with Gasteiger partial charge in [-0.05, 0) is 37.9 Å². The number of nitrogens with one attached hydrogen (secondary N) is 1. The summed E-state index contributed by atoms with van der Waals surface area (Å²) in [6.07, 6.45) is 1.82. The van der Waals surface area contributed by atoms with Crippen LogP contribution < -0.4 is 5.32 Å². The molecular weight excluding hydrogens is 222 g/mol. The van der Waals surface area contributed by atoms with Crippen molar-refractivity contribution < 1.29 is 17.6 Å². The van der Waals surface area contributed by atoms with Crippen molar-refractivity contribution in [2.75, 3.05) is 7.05 Å². The molecule has 0 saturated heterocycles. The molecule has 2 rings (SSSR count). The number of likely N-dealkylation sites (N-methyl/N-ethyl adjacent to an activating group) is 1. The maximum Gasteiger partial charge on any atom is 0.197 e. The van der Waals surface area contributed by atoms with Gasteiger partial charge in [-0.25, -0.2) is 17.6 Å². The first-order valence-corrected chi connectivity index (χ1v) is 5.00. The van der Waals surface area contributed by atoms with Crippen LogP contribution in [0.2, 0.25) is 0 Å². The van der Waals surface area contributed by atoms with Crippen LogP contribution in [0.25, 0.3) is 0 Å². The lowest BCUT2D eigenvalue weighted by Crippen LogP contribution is -2.30. The van der Waals surface area contributed by atoms with E-state index in [1.807, 2.05) is 0 Å². The average Bonchev–Trinajstić information content (AvgIpc) is 3.04. The number of rotatable bonds is 3. The van der Waals surface area contributed by atoms with E-state index in [0.717, 1.165) is 18.9 Å². The third-order valence-corrected chi connectivity index (χ3v) is 3.09. The summed E-state index contributed by atoms with van der Waals surface area (Å²) in [7, 11) is 1.71. The summed E-state index contributed by atoms with van der Waals surface area (Å²) in [6.45, 7) is 0. The van der Waals surface area contributed by atoms with Crippen LogP contribution in [0.5, 0.6) is 0 Å². The van der Waals surface area contributed by atoms with Crippen LogP contribution in [0, 0.1) is 23.3 Å². The Morgan fingerprint density at radius 2 is 1.75 bits per heavy atom. The van der Waals surface area contributed by atoms with E-state index in [0.29, 0.717) is 0 Å². The zero-order valence-corrected chi connectivity index (χ0v) is 8.71. The summed E-state index contributed by atoms with van der Waals surface area (Å²) in [6, 6.07) is 0.727. The monoisotopic (exact) mass is 233 g/mol. The first-order valence-electron chi connectivity index (χ1n) is 5.00. The highest BCUT2D eigenvalue weighted by molar-refractivity contribution is 5.26. The summed E-state index contributed by atoms with van der Waals surface area (Å²) in [4.78, 5) is 0. The molecule has 1 saturated carbocycles. The lowest BCUT2D eigenvalue weighted by Gasteiger charge is -2.14. The molecular formula is C11H11F4N. The fourth-order valence-corrected chi connectivity index (χ4v) is 1.78. The van der Waals surface area contributed by atoms with Gasteiger partial charge in [0.05, 0.1) is 0 Å². The molecule has 0 unspecified atom stereocenters. The Kier molecular flexibility index (Phi) is 2.66.